The Bertz CT molecular complexity index is 1280. The zero-order valence-corrected chi connectivity index (χ0v) is 22.5. The third-order valence-corrected chi connectivity index (χ3v) is 6.39. The SMILES string of the molecule is O=C(CCCc1ccc2c(c1)OCO2)c1ccc(Oc2cc3c(cc2Cl)C(C(=O)[O-])CCO3)cc1.[Na+]. The van der Waals surface area contributed by atoms with Crippen LogP contribution in [0.3, 0.4) is 0 Å². The molecule has 7 nitrogen and oxygen atoms in total. The summed E-state index contributed by atoms with van der Waals surface area (Å²) in [5.74, 6) is 0.871. The number of carboxylic acid groups (broad SMARTS) is 1. The summed E-state index contributed by atoms with van der Waals surface area (Å²) in [6.07, 6.45) is 2.23. The monoisotopic (exact) mass is 516 g/mol. The van der Waals surface area contributed by atoms with Gasteiger partial charge in [0.1, 0.15) is 17.2 Å². The Balaban J connectivity index is 0.00000304. The van der Waals surface area contributed by atoms with Crippen LogP contribution >= 0.6 is 11.6 Å². The minimum atomic E-state index is -1.16. The Morgan fingerprint density at radius 1 is 0.972 bits per heavy atom. The molecule has 0 aliphatic carbocycles. The van der Waals surface area contributed by atoms with Crippen molar-refractivity contribution in [2.75, 3.05) is 13.4 Å². The summed E-state index contributed by atoms with van der Waals surface area (Å²) >= 11 is 6.34. The number of fused-ring (bicyclic) bond motifs is 2. The van der Waals surface area contributed by atoms with Gasteiger partial charge < -0.3 is 28.8 Å². The summed E-state index contributed by atoms with van der Waals surface area (Å²) in [5, 5.41) is 11.7. The van der Waals surface area contributed by atoms with Gasteiger partial charge in [0, 0.05) is 35.5 Å². The maximum atomic E-state index is 12.6. The molecular weight excluding hydrogens is 495 g/mol. The van der Waals surface area contributed by atoms with Crippen LogP contribution in [0.25, 0.3) is 0 Å². The van der Waals surface area contributed by atoms with Gasteiger partial charge in [0.15, 0.2) is 17.3 Å². The van der Waals surface area contributed by atoms with Crippen molar-refractivity contribution in [3.05, 3.63) is 76.3 Å². The first-order valence-corrected chi connectivity index (χ1v) is 11.7. The number of hydrogen-bond acceptors (Lipinski definition) is 7. The van der Waals surface area contributed by atoms with Gasteiger partial charge in [-0.1, -0.05) is 17.7 Å². The van der Waals surface area contributed by atoms with Crippen molar-refractivity contribution in [3.8, 4) is 28.7 Å². The Morgan fingerprint density at radius 2 is 1.75 bits per heavy atom. The number of carbonyl (C=O) groups is 2. The van der Waals surface area contributed by atoms with Crippen LogP contribution in [0, 0.1) is 0 Å². The molecule has 36 heavy (non-hydrogen) atoms. The Hall–Kier alpha value is -2.71. The van der Waals surface area contributed by atoms with Crippen molar-refractivity contribution in [1.82, 2.24) is 0 Å². The molecule has 0 amide bonds. The van der Waals surface area contributed by atoms with Crippen molar-refractivity contribution < 1.29 is 63.2 Å². The number of hydrogen-bond donors (Lipinski definition) is 0. The molecule has 0 saturated heterocycles. The molecule has 0 spiro atoms. The van der Waals surface area contributed by atoms with Gasteiger partial charge in [-0.2, -0.15) is 0 Å². The fourth-order valence-corrected chi connectivity index (χ4v) is 4.45. The van der Waals surface area contributed by atoms with Crippen LogP contribution in [-0.2, 0) is 11.2 Å². The predicted octanol–water partition coefficient (Wildman–Crippen LogP) is 1.69. The zero-order chi connectivity index (χ0) is 24.4. The summed E-state index contributed by atoms with van der Waals surface area (Å²) in [7, 11) is 0. The largest absolute Gasteiger partial charge is 1.00 e. The summed E-state index contributed by atoms with van der Waals surface area (Å²) in [4.78, 5) is 24.0. The molecule has 0 fully saturated rings. The maximum Gasteiger partial charge on any atom is 1.00 e. The van der Waals surface area contributed by atoms with E-state index in [4.69, 9.17) is 30.5 Å². The van der Waals surface area contributed by atoms with E-state index in [0.29, 0.717) is 47.6 Å². The van der Waals surface area contributed by atoms with Gasteiger partial charge in [0.25, 0.3) is 0 Å². The fourth-order valence-electron chi connectivity index (χ4n) is 4.24. The van der Waals surface area contributed by atoms with Crippen molar-refractivity contribution in [1.29, 1.82) is 0 Å². The number of carbonyl (C=O) groups excluding carboxylic acids is 2. The maximum absolute atomic E-state index is 12.6. The number of rotatable bonds is 8. The van der Waals surface area contributed by atoms with E-state index in [1.807, 2.05) is 18.2 Å². The van der Waals surface area contributed by atoms with E-state index in [2.05, 4.69) is 0 Å². The molecule has 0 N–H and O–H groups in total. The van der Waals surface area contributed by atoms with Gasteiger partial charge in [0.05, 0.1) is 11.6 Å². The van der Waals surface area contributed by atoms with Crippen molar-refractivity contribution >= 4 is 23.4 Å². The van der Waals surface area contributed by atoms with Gasteiger partial charge in [-0.3, -0.25) is 4.79 Å². The molecule has 2 aliphatic heterocycles. The second-order valence-electron chi connectivity index (χ2n) is 8.42. The molecule has 180 valence electrons. The number of aliphatic carboxylic acids is 1. The Labute approximate surface area is 235 Å². The third-order valence-electron chi connectivity index (χ3n) is 6.10. The number of ether oxygens (including phenoxy) is 4. The molecule has 5 rings (SSSR count). The van der Waals surface area contributed by atoms with Crippen LogP contribution < -0.4 is 53.6 Å². The smallest absolute Gasteiger partial charge is 0.549 e. The van der Waals surface area contributed by atoms with Crippen LogP contribution in [0.15, 0.2) is 54.6 Å². The average Bonchev–Trinajstić information content (AvgIpc) is 3.32. The number of carboxylic acids is 1. The van der Waals surface area contributed by atoms with E-state index in [1.54, 1.807) is 36.4 Å². The molecule has 3 aromatic rings. The van der Waals surface area contributed by atoms with Gasteiger partial charge in [-0.15, -0.1) is 0 Å². The summed E-state index contributed by atoms with van der Waals surface area (Å²) in [6, 6.07) is 15.8. The minimum absolute atomic E-state index is 0. The number of benzene rings is 3. The van der Waals surface area contributed by atoms with Crippen molar-refractivity contribution in [2.45, 2.75) is 31.6 Å². The van der Waals surface area contributed by atoms with Crippen LogP contribution in [0.1, 0.15) is 46.7 Å². The molecule has 1 unspecified atom stereocenters. The normalized spacial score (nSPS) is 15.3. The second-order valence-corrected chi connectivity index (χ2v) is 8.83. The van der Waals surface area contributed by atoms with E-state index in [-0.39, 0.29) is 53.8 Å². The van der Waals surface area contributed by atoms with Crippen LogP contribution in [0.2, 0.25) is 5.02 Å². The molecule has 3 aromatic carbocycles. The van der Waals surface area contributed by atoms with Gasteiger partial charge in [0.2, 0.25) is 6.79 Å². The number of ketones is 1. The van der Waals surface area contributed by atoms with Crippen LogP contribution in [-0.4, -0.2) is 25.2 Å². The van der Waals surface area contributed by atoms with Crippen LogP contribution in [0.4, 0.5) is 0 Å². The van der Waals surface area contributed by atoms with E-state index in [0.717, 1.165) is 23.5 Å². The fraction of sp³-hybridized carbons (Fsp3) is 0.259. The number of aryl methyl sites for hydroxylation is 1. The first kappa shape index (κ1) is 26.4. The van der Waals surface area contributed by atoms with Crippen molar-refractivity contribution in [3.63, 3.8) is 0 Å². The molecule has 1 atom stereocenters. The molecule has 0 saturated carbocycles. The minimum Gasteiger partial charge on any atom is -0.549 e. The molecular formula is C27H22ClNaO7. The number of halogens is 1. The summed E-state index contributed by atoms with van der Waals surface area (Å²) in [5.41, 5.74) is 2.18. The topological polar surface area (TPSA) is 94.1 Å². The molecule has 0 bridgehead atoms. The van der Waals surface area contributed by atoms with Crippen LogP contribution in [0.5, 0.6) is 28.7 Å². The van der Waals surface area contributed by atoms with E-state index in [9.17, 15) is 14.7 Å². The Kier molecular flexibility index (Phi) is 8.46. The average molecular weight is 517 g/mol. The van der Waals surface area contributed by atoms with E-state index < -0.39 is 11.9 Å². The zero-order valence-electron chi connectivity index (χ0n) is 19.8. The van der Waals surface area contributed by atoms with Gasteiger partial charge in [-0.25, -0.2) is 0 Å². The Morgan fingerprint density at radius 3 is 2.53 bits per heavy atom. The second kappa shape index (κ2) is 11.6. The molecule has 0 radical (unpaired) electrons. The third kappa shape index (κ3) is 5.81. The van der Waals surface area contributed by atoms with Gasteiger partial charge >= 0.3 is 29.6 Å². The first-order valence-electron chi connectivity index (χ1n) is 11.3. The molecule has 0 aromatic heterocycles. The molecule has 9 heteroatoms. The first-order chi connectivity index (χ1) is 17.0. The number of Topliss-reactive ketones (excluding diaryl/α,β-unsaturated/α-hetero) is 1. The molecule has 2 aliphatic rings. The molecule has 2 heterocycles. The van der Waals surface area contributed by atoms with E-state index >= 15 is 0 Å². The van der Waals surface area contributed by atoms with Crippen molar-refractivity contribution in [2.24, 2.45) is 0 Å². The predicted molar refractivity (Wildman–Crippen MR) is 126 cm³/mol. The quantitative estimate of drug-likeness (QED) is 0.332. The van der Waals surface area contributed by atoms with Gasteiger partial charge in [-0.05, 0) is 67.3 Å². The summed E-state index contributed by atoms with van der Waals surface area (Å²) in [6.45, 7) is 0.518. The summed E-state index contributed by atoms with van der Waals surface area (Å²) < 4.78 is 22.2. The van der Waals surface area contributed by atoms with E-state index in [1.165, 1.54) is 0 Å². The standard InChI is InChI=1S/C27H23ClO7.Na/c28-21-13-20-19(27(30)31)10-11-32-24(20)14-25(21)35-18-7-5-17(6-8-18)22(29)3-1-2-16-4-9-23-26(12-16)34-15-33-23;/h4-9,12-14,19H,1-3,10-11,15H2,(H,30,31);/q;+1/p-1.